The van der Waals surface area contributed by atoms with Gasteiger partial charge in [0, 0.05) is 16.7 Å². The average molecular weight is 588 g/mol. The van der Waals surface area contributed by atoms with Crippen LogP contribution in [-0.4, -0.2) is 15.0 Å². The van der Waals surface area contributed by atoms with Crippen molar-refractivity contribution in [2.24, 2.45) is 0 Å². The summed E-state index contributed by atoms with van der Waals surface area (Å²) in [7, 11) is 0. The maximum atomic E-state index is 5.03. The van der Waals surface area contributed by atoms with Crippen molar-refractivity contribution in [1.82, 2.24) is 15.0 Å². The second-order valence-electron chi connectivity index (χ2n) is 11.3. The number of rotatable bonds is 6. The minimum Gasteiger partial charge on any atom is -0.208 e. The maximum Gasteiger partial charge on any atom is 0.164 e. The number of aromatic nitrogens is 3. The summed E-state index contributed by atoms with van der Waals surface area (Å²) in [5.74, 6) is 1.93. The van der Waals surface area contributed by atoms with Gasteiger partial charge in [0.1, 0.15) is 0 Å². The second-order valence-corrected chi connectivity index (χ2v) is 11.3. The van der Waals surface area contributed by atoms with Crippen molar-refractivity contribution in [3.05, 3.63) is 176 Å². The molecule has 0 unspecified atom stereocenters. The summed E-state index contributed by atoms with van der Waals surface area (Å²) in [6.07, 6.45) is 0. The molecular formula is C43H29N3. The Morgan fingerprint density at radius 2 is 0.696 bits per heavy atom. The van der Waals surface area contributed by atoms with Crippen LogP contribution in [0.3, 0.4) is 0 Å². The van der Waals surface area contributed by atoms with Crippen LogP contribution in [0, 0.1) is 0 Å². The molecule has 0 spiro atoms. The quantitative estimate of drug-likeness (QED) is 0.194. The van der Waals surface area contributed by atoms with Gasteiger partial charge in [-0.2, -0.15) is 0 Å². The van der Waals surface area contributed by atoms with Gasteiger partial charge in [-0.3, -0.25) is 0 Å². The molecule has 1 heterocycles. The van der Waals surface area contributed by atoms with E-state index in [4.69, 9.17) is 15.0 Å². The Bertz CT molecular complexity index is 2240. The number of hydrogen-bond acceptors (Lipinski definition) is 3. The highest BCUT2D eigenvalue weighted by Crippen LogP contribution is 2.41. The number of hydrogen-bond donors (Lipinski definition) is 0. The van der Waals surface area contributed by atoms with Gasteiger partial charge in [-0.1, -0.05) is 164 Å². The molecule has 8 rings (SSSR count). The van der Waals surface area contributed by atoms with Crippen molar-refractivity contribution < 1.29 is 0 Å². The number of nitrogens with zero attached hydrogens (tertiary/aromatic N) is 3. The minimum atomic E-state index is 0.637. The molecule has 1 aromatic heterocycles. The highest BCUT2D eigenvalue weighted by atomic mass is 15.0. The van der Waals surface area contributed by atoms with Crippen LogP contribution in [0.4, 0.5) is 0 Å². The maximum absolute atomic E-state index is 5.03. The lowest BCUT2D eigenvalue weighted by Gasteiger charge is -2.17. The Balaban J connectivity index is 1.36. The molecule has 0 radical (unpaired) electrons. The highest BCUT2D eigenvalue weighted by Gasteiger charge is 2.17. The van der Waals surface area contributed by atoms with Gasteiger partial charge in [-0.05, 0) is 56.3 Å². The Morgan fingerprint density at radius 3 is 1.33 bits per heavy atom. The monoisotopic (exact) mass is 587 g/mol. The van der Waals surface area contributed by atoms with Crippen LogP contribution in [-0.2, 0) is 0 Å². The lowest BCUT2D eigenvalue weighted by atomic mass is 9.88. The molecule has 0 N–H and O–H groups in total. The molecule has 0 saturated carbocycles. The van der Waals surface area contributed by atoms with Crippen molar-refractivity contribution in [3.63, 3.8) is 0 Å². The number of benzene rings is 7. The van der Waals surface area contributed by atoms with E-state index < -0.39 is 0 Å². The predicted molar refractivity (Wildman–Crippen MR) is 190 cm³/mol. The summed E-state index contributed by atoms with van der Waals surface area (Å²) in [6, 6.07) is 61.2. The molecule has 7 aromatic carbocycles. The first-order valence-corrected chi connectivity index (χ1v) is 15.5. The van der Waals surface area contributed by atoms with Crippen molar-refractivity contribution >= 4 is 10.8 Å². The zero-order valence-electron chi connectivity index (χ0n) is 25.1. The fraction of sp³-hybridized carbons (Fsp3) is 0. The van der Waals surface area contributed by atoms with Crippen LogP contribution < -0.4 is 0 Å². The van der Waals surface area contributed by atoms with Crippen LogP contribution in [0.2, 0.25) is 0 Å². The van der Waals surface area contributed by atoms with Crippen molar-refractivity contribution in [2.45, 2.75) is 0 Å². The second kappa shape index (κ2) is 12.1. The topological polar surface area (TPSA) is 38.7 Å². The van der Waals surface area contributed by atoms with E-state index in [9.17, 15) is 0 Å². The third-order valence-corrected chi connectivity index (χ3v) is 8.34. The zero-order valence-corrected chi connectivity index (χ0v) is 25.1. The normalized spacial score (nSPS) is 11.0. The summed E-state index contributed by atoms with van der Waals surface area (Å²) >= 11 is 0. The van der Waals surface area contributed by atoms with Crippen molar-refractivity contribution in [2.75, 3.05) is 0 Å². The molecule has 3 nitrogen and oxygen atoms in total. The van der Waals surface area contributed by atoms with Crippen molar-refractivity contribution in [3.8, 4) is 67.5 Å². The Kier molecular flexibility index (Phi) is 7.18. The van der Waals surface area contributed by atoms with Crippen LogP contribution in [0.15, 0.2) is 176 Å². The van der Waals surface area contributed by atoms with Gasteiger partial charge in [0.25, 0.3) is 0 Å². The largest absolute Gasteiger partial charge is 0.208 e. The third-order valence-electron chi connectivity index (χ3n) is 8.34. The van der Waals surface area contributed by atoms with Gasteiger partial charge in [0.05, 0.1) is 0 Å². The SMILES string of the molecule is c1ccc(-c2nc(-c3ccccc3)nc(-c3ccc(-c4ccccc4-c4ccccc4)c(-c4ccc5ccccc5c4)c3)n2)cc1. The molecular weight excluding hydrogens is 558 g/mol. The lowest BCUT2D eigenvalue weighted by molar-refractivity contribution is 1.07. The van der Waals surface area contributed by atoms with Gasteiger partial charge in [0.2, 0.25) is 0 Å². The summed E-state index contributed by atoms with van der Waals surface area (Å²) < 4.78 is 0. The Morgan fingerprint density at radius 1 is 0.239 bits per heavy atom. The average Bonchev–Trinajstić information content (AvgIpc) is 3.15. The van der Waals surface area contributed by atoms with E-state index in [-0.39, 0.29) is 0 Å². The summed E-state index contributed by atoms with van der Waals surface area (Å²) in [5, 5.41) is 2.41. The van der Waals surface area contributed by atoms with E-state index in [0.29, 0.717) is 17.5 Å². The molecule has 0 aliphatic carbocycles. The van der Waals surface area contributed by atoms with E-state index >= 15 is 0 Å². The van der Waals surface area contributed by atoms with Gasteiger partial charge >= 0.3 is 0 Å². The van der Waals surface area contributed by atoms with Gasteiger partial charge in [-0.25, -0.2) is 15.0 Å². The van der Waals surface area contributed by atoms with Crippen LogP contribution in [0.25, 0.3) is 78.3 Å². The Labute approximate surface area is 268 Å². The standard InChI is InChI=1S/C43H29N3/c1-4-15-31(16-5-1)37-22-12-13-23-38(37)39-27-26-36(29-40(39)35-25-24-30-14-10-11-21-34(30)28-35)43-45-41(32-17-6-2-7-18-32)44-42(46-43)33-19-8-3-9-20-33/h1-29H. The first-order valence-electron chi connectivity index (χ1n) is 15.5. The van der Waals surface area contributed by atoms with Crippen LogP contribution >= 0.6 is 0 Å². The minimum absolute atomic E-state index is 0.637. The van der Waals surface area contributed by atoms with Crippen molar-refractivity contribution in [1.29, 1.82) is 0 Å². The molecule has 3 heteroatoms. The fourth-order valence-corrected chi connectivity index (χ4v) is 6.04. The molecule has 0 atom stereocenters. The summed E-state index contributed by atoms with van der Waals surface area (Å²) in [4.78, 5) is 15.0. The number of fused-ring (bicyclic) bond motifs is 1. The summed E-state index contributed by atoms with van der Waals surface area (Å²) in [5.41, 5.74) is 9.79. The smallest absolute Gasteiger partial charge is 0.164 e. The third kappa shape index (κ3) is 5.36. The molecule has 0 aliphatic rings. The molecule has 0 amide bonds. The molecule has 8 aromatic rings. The molecule has 46 heavy (non-hydrogen) atoms. The van der Waals surface area contributed by atoms with E-state index in [2.05, 4.69) is 115 Å². The van der Waals surface area contributed by atoms with Crippen LogP contribution in [0.5, 0.6) is 0 Å². The van der Waals surface area contributed by atoms with Gasteiger partial charge in [-0.15, -0.1) is 0 Å². The molecule has 0 aliphatic heterocycles. The first-order chi connectivity index (χ1) is 22.8. The Hall–Kier alpha value is -6.19. The fourth-order valence-electron chi connectivity index (χ4n) is 6.04. The highest BCUT2D eigenvalue weighted by molar-refractivity contribution is 5.96. The lowest BCUT2D eigenvalue weighted by Crippen LogP contribution is -2.00. The van der Waals surface area contributed by atoms with E-state index in [0.717, 1.165) is 33.4 Å². The summed E-state index contributed by atoms with van der Waals surface area (Å²) in [6.45, 7) is 0. The van der Waals surface area contributed by atoms with Gasteiger partial charge in [0.15, 0.2) is 17.5 Å². The van der Waals surface area contributed by atoms with Gasteiger partial charge < -0.3 is 0 Å². The molecule has 216 valence electrons. The van der Waals surface area contributed by atoms with E-state index in [1.807, 2.05) is 60.7 Å². The zero-order chi connectivity index (χ0) is 30.7. The van der Waals surface area contributed by atoms with Crippen LogP contribution in [0.1, 0.15) is 0 Å². The predicted octanol–water partition coefficient (Wildman–Crippen LogP) is 11.0. The van der Waals surface area contributed by atoms with E-state index in [1.165, 1.54) is 27.5 Å². The molecule has 0 fully saturated rings. The first kappa shape index (κ1) is 27.4. The van der Waals surface area contributed by atoms with E-state index in [1.54, 1.807) is 0 Å². The molecule has 0 saturated heterocycles. The molecule has 0 bridgehead atoms.